The molecule has 1 heterocycles. The topological polar surface area (TPSA) is 120 Å². The normalized spacial score (nSPS) is 10.9. The first-order valence-corrected chi connectivity index (χ1v) is 12.7. The molecule has 0 saturated carbocycles. The highest BCUT2D eigenvalue weighted by atomic mass is 32.2. The largest absolute Gasteiger partial charge is 0.504 e. The SMILES string of the molecule is CCOc1cccc(/C=N\NC(=O)CSc2nnc(-c3ccc(OC)c(OC)c3)n2-c2ccccc2)c1O. The maximum atomic E-state index is 12.5. The molecule has 0 aliphatic carbocycles. The Hall–Kier alpha value is -4.51. The number of nitrogens with zero attached hydrogens (tertiary/aromatic N) is 4. The van der Waals surface area contributed by atoms with Gasteiger partial charge >= 0.3 is 0 Å². The van der Waals surface area contributed by atoms with Crippen molar-refractivity contribution in [3.8, 4) is 40.1 Å². The minimum absolute atomic E-state index is 0.0409. The van der Waals surface area contributed by atoms with Crippen LogP contribution >= 0.6 is 11.8 Å². The monoisotopic (exact) mass is 533 g/mol. The highest BCUT2D eigenvalue weighted by Crippen LogP contribution is 2.34. The number of methoxy groups -OCH3 is 2. The molecule has 10 nitrogen and oxygen atoms in total. The molecule has 0 atom stereocenters. The third-order valence-corrected chi connectivity index (χ3v) is 6.27. The number of rotatable bonds is 11. The lowest BCUT2D eigenvalue weighted by Crippen LogP contribution is -2.20. The van der Waals surface area contributed by atoms with E-state index < -0.39 is 0 Å². The standard InChI is InChI=1S/C27H27N5O5S/c1-4-37-22-12-8-9-19(25(22)34)16-28-29-24(33)17-38-27-31-30-26(32(27)20-10-6-5-7-11-20)18-13-14-21(35-2)23(15-18)36-3/h5-16,34H,4,17H2,1-3H3,(H,29,33)/b28-16-. The molecule has 3 aromatic carbocycles. The van der Waals surface area contributed by atoms with Crippen LogP contribution in [0.3, 0.4) is 0 Å². The van der Waals surface area contributed by atoms with Gasteiger partial charge in [-0.1, -0.05) is 36.0 Å². The molecule has 0 saturated heterocycles. The van der Waals surface area contributed by atoms with Gasteiger partial charge in [-0.2, -0.15) is 5.10 Å². The Bertz CT molecular complexity index is 1420. The van der Waals surface area contributed by atoms with Crippen LogP contribution in [0.4, 0.5) is 0 Å². The molecule has 38 heavy (non-hydrogen) atoms. The van der Waals surface area contributed by atoms with Gasteiger partial charge in [-0.15, -0.1) is 10.2 Å². The summed E-state index contributed by atoms with van der Waals surface area (Å²) >= 11 is 1.22. The number of nitrogens with one attached hydrogen (secondary N) is 1. The van der Waals surface area contributed by atoms with Crippen molar-refractivity contribution in [3.63, 3.8) is 0 Å². The smallest absolute Gasteiger partial charge is 0.250 e. The van der Waals surface area contributed by atoms with E-state index in [4.69, 9.17) is 14.2 Å². The number of aromatic nitrogens is 3. The third kappa shape index (κ3) is 6.06. The summed E-state index contributed by atoms with van der Waals surface area (Å²) < 4.78 is 18.0. The number of carbonyl (C=O) groups is 1. The fourth-order valence-electron chi connectivity index (χ4n) is 3.59. The van der Waals surface area contributed by atoms with E-state index in [1.165, 1.54) is 18.0 Å². The van der Waals surface area contributed by atoms with Crippen molar-refractivity contribution in [2.45, 2.75) is 12.1 Å². The fraction of sp³-hybridized carbons (Fsp3) is 0.185. The molecule has 2 N–H and O–H groups in total. The number of thioether (sulfide) groups is 1. The van der Waals surface area contributed by atoms with Crippen LogP contribution in [-0.2, 0) is 4.79 Å². The molecule has 1 aromatic heterocycles. The highest BCUT2D eigenvalue weighted by Gasteiger charge is 2.19. The van der Waals surface area contributed by atoms with E-state index in [2.05, 4.69) is 20.7 Å². The summed E-state index contributed by atoms with van der Waals surface area (Å²) in [6.07, 6.45) is 1.36. The Morgan fingerprint density at radius 1 is 1.03 bits per heavy atom. The average molecular weight is 534 g/mol. The van der Waals surface area contributed by atoms with Gasteiger partial charge in [0.05, 0.1) is 32.8 Å². The van der Waals surface area contributed by atoms with Crippen molar-refractivity contribution in [1.82, 2.24) is 20.2 Å². The quantitative estimate of drug-likeness (QED) is 0.166. The first-order chi connectivity index (χ1) is 18.5. The predicted molar refractivity (Wildman–Crippen MR) is 146 cm³/mol. The molecule has 0 radical (unpaired) electrons. The molecule has 4 rings (SSSR count). The van der Waals surface area contributed by atoms with Crippen molar-refractivity contribution in [2.24, 2.45) is 5.10 Å². The molecule has 0 bridgehead atoms. The van der Waals surface area contributed by atoms with Crippen LogP contribution in [0.15, 0.2) is 77.0 Å². The van der Waals surface area contributed by atoms with Crippen molar-refractivity contribution < 1.29 is 24.1 Å². The molecule has 0 fully saturated rings. The van der Waals surface area contributed by atoms with Crippen molar-refractivity contribution in [2.75, 3.05) is 26.6 Å². The Kier molecular flexibility index (Phi) is 8.83. The van der Waals surface area contributed by atoms with Crippen LogP contribution in [0, 0.1) is 0 Å². The number of hydrogen-bond donors (Lipinski definition) is 2. The fourth-order valence-corrected chi connectivity index (χ4v) is 4.33. The van der Waals surface area contributed by atoms with Gasteiger partial charge < -0.3 is 19.3 Å². The second-order valence-corrected chi connectivity index (χ2v) is 8.70. The van der Waals surface area contributed by atoms with E-state index in [9.17, 15) is 9.90 Å². The van der Waals surface area contributed by atoms with Crippen LogP contribution in [0.1, 0.15) is 12.5 Å². The third-order valence-electron chi connectivity index (χ3n) is 5.34. The number of phenols is 1. The summed E-state index contributed by atoms with van der Waals surface area (Å²) in [7, 11) is 3.15. The second-order valence-electron chi connectivity index (χ2n) is 7.76. The van der Waals surface area contributed by atoms with Crippen LogP contribution in [-0.4, -0.2) is 58.6 Å². The minimum Gasteiger partial charge on any atom is -0.504 e. The van der Waals surface area contributed by atoms with Crippen LogP contribution in [0.5, 0.6) is 23.0 Å². The maximum Gasteiger partial charge on any atom is 0.250 e. The molecule has 0 unspecified atom stereocenters. The average Bonchev–Trinajstić information content (AvgIpc) is 3.38. The molecule has 4 aromatic rings. The molecule has 11 heteroatoms. The van der Waals surface area contributed by atoms with Crippen LogP contribution in [0.2, 0.25) is 0 Å². The number of phenolic OH excluding ortho intramolecular Hbond substituents is 1. The highest BCUT2D eigenvalue weighted by molar-refractivity contribution is 7.99. The number of aromatic hydroxyl groups is 1. The summed E-state index contributed by atoms with van der Waals surface area (Å²) in [6.45, 7) is 2.25. The summed E-state index contributed by atoms with van der Waals surface area (Å²) in [4.78, 5) is 12.5. The Balaban J connectivity index is 1.51. The molecule has 1 amide bonds. The van der Waals surface area contributed by atoms with Gasteiger partial charge in [-0.05, 0) is 49.4 Å². The van der Waals surface area contributed by atoms with Crippen LogP contribution < -0.4 is 19.6 Å². The maximum absolute atomic E-state index is 12.5. The van der Waals surface area contributed by atoms with Gasteiger partial charge in [0.25, 0.3) is 5.91 Å². The van der Waals surface area contributed by atoms with Crippen molar-refractivity contribution >= 4 is 23.9 Å². The number of benzene rings is 3. The minimum atomic E-state index is -0.345. The van der Waals surface area contributed by atoms with Crippen LogP contribution in [0.25, 0.3) is 17.1 Å². The van der Waals surface area contributed by atoms with E-state index in [1.54, 1.807) is 38.5 Å². The van der Waals surface area contributed by atoms with E-state index in [1.807, 2.05) is 54.0 Å². The lowest BCUT2D eigenvalue weighted by Gasteiger charge is -2.12. The van der Waals surface area contributed by atoms with Crippen molar-refractivity contribution in [3.05, 3.63) is 72.3 Å². The first-order valence-electron chi connectivity index (χ1n) is 11.7. The molecular weight excluding hydrogens is 506 g/mol. The van der Waals surface area contributed by atoms with Gasteiger partial charge in [0.15, 0.2) is 34.0 Å². The molecule has 0 spiro atoms. The van der Waals surface area contributed by atoms with Crippen molar-refractivity contribution in [1.29, 1.82) is 0 Å². The molecular formula is C27H27N5O5S. The lowest BCUT2D eigenvalue weighted by molar-refractivity contribution is -0.118. The van der Waals surface area contributed by atoms with E-state index in [-0.39, 0.29) is 17.4 Å². The second kappa shape index (κ2) is 12.6. The first kappa shape index (κ1) is 26.6. The number of para-hydroxylation sites is 2. The summed E-state index contributed by atoms with van der Waals surface area (Å²) in [5.41, 5.74) is 4.51. The van der Waals surface area contributed by atoms with E-state index in [0.717, 1.165) is 11.3 Å². The summed E-state index contributed by atoms with van der Waals surface area (Å²) in [6, 6.07) is 20.2. The van der Waals surface area contributed by atoms with Gasteiger partial charge in [-0.3, -0.25) is 9.36 Å². The molecule has 0 aliphatic rings. The zero-order valence-corrected chi connectivity index (χ0v) is 21.9. The van der Waals surface area contributed by atoms with Gasteiger partial charge in [0, 0.05) is 16.8 Å². The summed E-state index contributed by atoms with van der Waals surface area (Å²) in [5.74, 6) is 1.76. The molecule has 0 aliphatic heterocycles. The number of ether oxygens (including phenoxy) is 3. The number of amides is 1. The number of carbonyl (C=O) groups excluding carboxylic acids is 1. The summed E-state index contributed by atoms with van der Waals surface area (Å²) in [5, 5.41) is 23.5. The van der Waals surface area contributed by atoms with Gasteiger partial charge in [0.2, 0.25) is 0 Å². The lowest BCUT2D eigenvalue weighted by atomic mass is 10.2. The van der Waals surface area contributed by atoms with E-state index in [0.29, 0.717) is 40.4 Å². The number of hydrazone groups is 1. The Labute approximate surface area is 224 Å². The van der Waals surface area contributed by atoms with E-state index >= 15 is 0 Å². The van der Waals surface area contributed by atoms with Gasteiger partial charge in [-0.25, -0.2) is 5.43 Å². The Morgan fingerprint density at radius 2 is 1.82 bits per heavy atom. The van der Waals surface area contributed by atoms with Gasteiger partial charge in [0.1, 0.15) is 0 Å². The molecule has 196 valence electrons. The zero-order chi connectivity index (χ0) is 26.9. The number of hydrogen-bond acceptors (Lipinski definition) is 9. The Morgan fingerprint density at radius 3 is 2.55 bits per heavy atom. The predicted octanol–water partition coefficient (Wildman–Crippen LogP) is 4.30. The zero-order valence-electron chi connectivity index (χ0n) is 21.1.